The summed E-state index contributed by atoms with van der Waals surface area (Å²) in [6, 6.07) is 8.28. The molecule has 0 fully saturated rings. The van der Waals surface area contributed by atoms with Crippen LogP contribution in [0.25, 0.3) is 0 Å². The summed E-state index contributed by atoms with van der Waals surface area (Å²) < 4.78 is 0. The zero-order valence-corrected chi connectivity index (χ0v) is 7.27. The van der Waals surface area contributed by atoms with Gasteiger partial charge in [0.1, 0.15) is 0 Å². The van der Waals surface area contributed by atoms with Crippen LogP contribution in [0.15, 0.2) is 36.5 Å². The van der Waals surface area contributed by atoms with Crippen molar-refractivity contribution in [3.63, 3.8) is 0 Å². The van der Waals surface area contributed by atoms with Gasteiger partial charge in [0.05, 0.1) is 17.3 Å². The van der Waals surface area contributed by atoms with Crippen molar-refractivity contribution in [3.8, 4) is 6.07 Å². The molecule has 0 amide bonds. The van der Waals surface area contributed by atoms with Gasteiger partial charge >= 0.3 is 5.97 Å². The highest BCUT2D eigenvalue weighted by atomic mass is 16.4. The predicted molar refractivity (Wildman–Crippen MR) is 51.8 cm³/mol. The van der Waals surface area contributed by atoms with E-state index in [1.807, 2.05) is 0 Å². The number of nitrogens with one attached hydrogen (secondary N) is 1. The lowest BCUT2D eigenvalue weighted by Gasteiger charge is -2.03. The number of benzene rings is 1. The molecule has 4 heteroatoms. The Labute approximate surface area is 81.1 Å². The maximum atomic E-state index is 10.7. The van der Waals surface area contributed by atoms with Gasteiger partial charge in [-0.15, -0.1) is 0 Å². The molecule has 0 spiro atoms. The Hall–Kier alpha value is -2.28. The van der Waals surface area contributed by atoms with Crippen molar-refractivity contribution < 1.29 is 9.90 Å². The fourth-order valence-electron chi connectivity index (χ4n) is 0.964. The second-order valence-electron chi connectivity index (χ2n) is 2.46. The maximum absolute atomic E-state index is 10.7. The summed E-state index contributed by atoms with van der Waals surface area (Å²) in [5.41, 5.74) is 0.640. The Balaban J connectivity index is 2.91. The number of rotatable bonds is 3. The first kappa shape index (κ1) is 9.81. The van der Waals surface area contributed by atoms with E-state index in [4.69, 9.17) is 10.4 Å². The zero-order chi connectivity index (χ0) is 10.4. The van der Waals surface area contributed by atoms with Crippen LogP contribution in [-0.4, -0.2) is 11.1 Å². The lowest BCUT2D eigenvalue weighted by atomic mass is 10.2. The Morgan fingerprint density at radius 2 is 2.21 bits per heavy atom. The van der Waals surface area contributed by atoms with Crippen molar-refractivity contribution in [3.05, 3.63) is 42.1 Å². The lowest BCUT2D eigenvalue weighted by molar-refractivity contribution is 0.0698. The fourth-order valence-corrected chi connectivity index (χ4v) is 0.964. The molecule has 0 aromatic heterocycles. The molecule has 4 nitrogen and oxygen atoms in total. The van der Waals surface area contributed by atoms with E-state index < -0.39 is 5.97 Å². The summed E-state index contributed by atoms with van der Waals surface area (Å²) >= 11 is 0. The highest BCUT2D eigenvalue weighted by Crippen LogP contribution is 2.14. The van der Waals surface area contributed by atoms with Crippen molar-refractivity contribution in [2.45, 2.75) is 0 Å². The molecule has 0 aliphatic heterocycles. The Morgan fingerprint density at radius 3 is 2.86 bits per heavy atom. The maximum Gasteiger partial charge on any atom is 0.337 e. The van der Waals surface area contributed by atoms with Crippen molar-refractivity contribution in [1.29, 1.82) is 5.26 Å². The van der Waals surface area contributed by atoms with Crippen molar-refractivity contribution in [1.82, 2.24) is 0 Å². The molecule has 0 saturated heterocycles. The Bertz CT molecular complexity index is 405. The van der Waals surface area contributed by atoms with E-state index in [1.165, 1.54) is 18.3 Å². The largest absolute Gasteiger partial charge is 0.478 e. The topological polar surface area (TPSA) is 73.1 Å². The highest BCUT2D eigenvalue weighted by Gasteiger charge is 2.06. The van der Waals surface area contributed by atoms with Gasteiger partial charge in [-0.2, -0.15) is 5.26 Å². The molecule has 1 rings (SSSR count). The van der Waals surface area contributed by atoms with Crippen LogP contribution in [-0.2, 0) is 0 Å². The Morgan fingerprint density at radius 1 is 1.50 bits per heavy atom. The van der Waals surface area contributed by atoms with Gasteiger partial charge < -0.3 is 10.4 Å². The number of allylic oxidation sites excluding steroid dienone is 1. The van der Waals surface area contributed by atoms with Gasteiger partial charge in [0.15, 0.2) is 0 Å². The van der Waals surface area contributed by atoms with Crippen LogP contribution in [0.2, 0.25) is 0 Å². The third kappa shape index (κ3) is 2.35. The quantitative estimate of drug-likeness (QED) is 0.710. The molecule has 1 aromatic rings. The van der Waals surface area contributed by atoms with E-state index in [1.54, 1.807) is 24.3 Å². The summed E-state index contributed by atoms with van der Waals surface area (Å²) in [7, 11) is 0. The molecule has 1 aromatic carbocycles. The molecule has 0 aliphatic rings. The molecule has 0 unspecified atom stereocenters. The summed E-state index contributed by atoms with van der Waals surface area (Å²) in [5.74, 6) is -1.00. The number of anilines is 1. The molecule has 2 N–H and O–H groups in total. The van der Waals surface area contributed by atoms with Crippen molar-refractivity contribution >= 4 is 11.7 Å². The second kappa shape index (κ2) is 4.67. The fraction of sp³-hybridized carbons (Fsp3) is 0. The number of carbonyl (C=O) groups is 1. The molecule has 0 heterocycles. The highest BCUT2D eigenvalue weighted by molar-refractivity contribution is 5.94. The number of hydrogen-bond donors (Lipinski definition) is 2. The molecule has 0 atom stereocenters. The number of para-hydroxylation sites is 1. The Kier molecular flexibility index (Phi) is 3.27. The number of carboxylic acid groups (broad SMARTS) is 1. The van der Waals surface area contributed by atoms with Gasteiger partial charge in [0.25, 0.3) is 0 Å². The number of nitrogens with zero attached hydrogens (tertiary/aromatic N) is 1. The van der Waals surface area contributed by atoms with Gasteiger partial charge in [-0.05, 0) is 12.1 Å². The van der Waals surface area contributed by atoms with E-state index in [0.717, 1.165) is 0 Å². The van der Waals surface area contributed by atoms with E-state index in [2.05, 4.69) is 5.32 Å². The third-order valence-corrected chi connectivity index (χ3v) is 1.55. The molecular formula is C10H8N2O2. The lowest BCUT2D eigenvalue weighted by Crippen LogP contribution is -2.01. The van der Waals surface area contributed by atoms with Crippen LogP contribution in [0.3, 0.4) is 0 Å². The summed E-state index contributed by atoms with van der Waals surface area (Å²) in [6.07, 6.45) is 2.63. The molecule has 14 heavy (non-hydrogen) atoms. The molecule has 70 valence electrons. The van der Waals surface area contributed by atoms with E-state index in [9.17, 15) is 4.79 Å². The number of hydrogen-bond acceptors (Lipinski definition) is 3. The molecule has 0 radical (unpaired) electrons. The summed E-state index contributed by atoms with van der Waals surface area (Å²) in [6.45, 7) is 0. The standard InChI is InChI=1S/C10H8N2O2/c11-6-3-7-12-9-5-2-1-4-8(9)10(13)14/h1-5,7,12H,(H,13,14)/b7-3+. The van der Waals surface area contributed by atoms with Crippen LogP contribution in [0.4, 0.5) is 5.69 Å². The van der Waals surface area contributed by atoms with Crippen LogP contribution < -0.4 is 5.32 Å². The third-order valence-electron chi connectivity index (χ3n) is 1.55. The predicted octanol–water partition coefficient (Wildman–Crippen LogP) is 1.83. The van der Waals surface area contributed by atoms with E-state index in [0.29, 0.717) is 5.69 Å². The summed E-state index contributed by atoms with van der Waals surface area (Å²) in [5, 5.41) is 19.7. The van der Waals surface area contributed by atoms with Crippen molar-refractivity contribution in [2.24, 2.45) is 0 Å². The minimum Gasteiger partial charge on any atom is -0.478 e. The van der Waals surface area contributed by atoms with E-state index >= 15 is 0 Å². The molecule has 0 saturated carbocycles. The average Bonchev–Trinajstić information content (AvgIpc) is 2.19. The van der Waals surface area contributed by atoms with Gasteiger partial charge in [-0.25, -0.2) is 4.79 Å². The van der Waals surface area contributed by atoms with E-state index in [-0.39, 0.29) is 5.56 Å². The molecule has 0 aliphatic carbocycles. The summed E-state index contributed by atoms with van der Waals surface area (Å²) in [4.78, 5) is 10.7. The SMILES string of the molecule is N#C/C=C/Nc1ccccc1C(=O)O. The first-order valence-corrected chi connectivity index (χ1v) is 3.89. The number of aromatic carboxylic acids is 1. The number of carboxylic acids is 1. The minimum absolute atomic E-state index is 0.176. The second-order valence-corrected chi connectivity index (χ2v) is 2.46. The van der Waals surface area contributed by atoms with Crippen LogP contribution in [0.1, 0.15) is 10.4 Å². The van der Waals surface area contributed by atoms with Crippen LogP contribution in [0.5, 0.6) is 0 Å². The van der Waals surface area contributed by atoms with Gasteiger partial charge in [0.2, 0.25) is 0 Å². The number of nitriles is 1. The first-order chi connectivity index (χ1) is 6.75. The normalized spacial score (nSPS) is 9.64. The molecule has 0 bridgehead atoms. The van der Waals surface area contributed by atoms with Crippen LogP contribution >= 0.6 is 0 Å². The first-order valence-electron chi connectivity index (χ1n) is 3.89. The zero-order valence-electron chi connectivity index (χ0n) is 7.27. The monoisotopic (exact) mass is 188 g/mol. The van der Waals surface area contributed by atoms with Gasteiger partial charge in [-0.3, -0.25) is 0 Å². The smallest absolute Gasteiger partial charge is 0.337 e. The van der Waals surface area contributed by atoms with Crippen LogP contribution in [0, 0.1) is 11.3 Å². The van der Waals surface area contributed by atoms with Crippen molar-refractivity contribution in [2.75, 3.05) is 5.32 Å². The minimum atomic E-state index is -1.00. The molecular weight excluding hydrogens is 180 g/mol. The van der Waals surface area contributed by atoms with Gasteiger partial charge in [0, 0.05) is 12.3 Å². The van der Waals surface area contributed by atoms with Gasteiger partial charge in [-0.1, -0.05) is 12.1 Å². The average molecular weight is 188 g/mol.